The van der Waals surface area contributed by atoms with Crippen LogP contribution in [0.1, 0.15) is 418 Å². The van der Waals surface area contributed by atoms with Gasteiger partial charge >= 0.3 is 7.82 Å². The molecule has 3 unspecified atom stereocenters. The number of hydrogen-bond acceptors (Lipinski definition) is 5. The number of carbonyl (C=O) groups excluding carboxylic acids is 1. The highest BCUT2D eigenvalue weighted by atomic mass is 31.2. The van der Waals surface area contributed by atoms with E-state index in [4.69, 9.17) is 9.05 Å². The standard InChI is InChI=1S/C80H157N2O6P/c1-6-8-10-12-14-16-18-20-22-24-26-28-30-32-34-36-37-38-39-40-41-42-43-44-45-46-48-50-52-54-56-58-60-62-64-66-68-70-72-74-80(84)81-78(77-88-89(85,86)87-76-75-82(3,4)5)79(83)73-71-69-67-65-63-61-59-57-55-53-51-49-47-35-33-31-29-27-25-23-21-19-17-15-13-11-9-7-2/h18,20,24,26,30,32,78-79,83H,6-17,19,21-23,25,27-29,31,33-77H2,1-5H3,(H-,81,84,85,86)/p+1/b20-18-,26-24-,32-30-. The maximum Gasteiger partial charge on any atom is 0.472 e. The van der Waals surface area contributed by atoms with Gasteiger partial charge in [0.1, 0.15) is 13.2 Å². The van der Waals surface area contributed by atoms with Gasteiger partial charge in [-0.3, -0.25) is 13.8 Å². The first-order valence-electron chi connectivity index (χ1n) is 39.9. The molecule has 0 aromatic rings. The number of aliphatic hydroxyl groups excluding tert-OH is 1. The van der Waals surface area contributed by atoms with Crippen LogP contribution >= 0.6 is 7.82 Å². The van der Waals surface area contributed by atoms with Crippen molar-refractivity contribution in [2.24, 2.45) is 0 Å². The molecule has 0 bridgehead atoms. The molecular formula is C80H158N2O6P+. The SMILES string of the molecule is CCCCCCC/C=C\C/C=C\C/C=C\CCCCCCCCCCCCCCCCCCCCCCCCCCC(=O)NC(COP(=O)(O)OCC[N+](C)(C)C)C(O)CCCCCCCCCCCCCCCCCCCCCCCCCCCCCC. The zero-order valence-corrected chi connectivity index (χ0v) is 61.6. The van der Waals surface area contributed by atoms with E-state index in [-0.39, 0.29) is 19.1 Å². The normalized spacial score (nSPS) is 13.7. The molecule has 8 nitrogen and oxygen atoms in total. The highest BCUT2D eigenvalue weighted by molar-refractivity contribution is 7.47. The smallest absolute Gasteiger partial charge is 0.391 e. The van der Waals surface area contributed by atoms with Crippen molar-refractivity contribution < 1.29 is 32.9 Å². The van der Waals surface area contributed by atoms with Gasteiger partial charge in [0.15, 0.2) is 0 Å². The van der Waals surface area contributed by atoms with E-state index < -0.39 is 20.0 Å². The number of allylic oxidation sites excluding steroid dienone is 6. The summed E-state index contributed by atoms with van der Waals surface area (Å²) in [5, 5.41) is 14.2. The number of quaternary nitrogens is 1. The molecule has 1 amide bonds. The molecule has 3 atom stereocenters. The lowest BCUT2D eigenvalue weighted by molar-refractivity contribution is -0.870. The number of likely N-dealkylation sites (N-methyl/N-ethyl adjacent to an activating group) is 1. The summed E-state index contributed by atoms with van der Waals surface area (Å²) < 4.78 is 24.0. The van der Waals surface area contributed by atoms with Crippen molar-refractivity contribution in [1.82, 2.24) is 5.32 Å². The molecule has 0 aliphatic heterocycles. The van der Waals surface area contributed by atoms with Crippen molar-refractivity contribution >= 4 is 13.7 Å². The van der Waals surface area contributed by atoms with E-state index in [0.29, 0.717) is 23.9 Å². The fourth-order valence-electron chi connectivity index (χ4n) is 12.5. The fourth-order valence-corrected chi connectivity index (χ4v) is 13.2. The minimum absolute atomic E-state index is 0.0776. The van der Waals surface area contributed by atoms with E-state index in [2.05, 4.69) is 55.6 Å². The van der Waals surface area contributed by atoms with Crippen LogP contribution in [0.2, 0.25) is 0 Å². The molecule has 0 aromatic carbocycles. The second-order valence-corrected chi connectivity index (χ2v) is 30.3. The molecule has 89 heavy (non-hydrogen) atoms. The third-order valence-corrected chi connectivity index (χ3v) is 19.6. The van der Waals surface area contributed by atoms with Gasteiger partial charge < -0.3 is 19.8 Å². The van der Waals surface area contributed by atoms with Crippen LogP contribution in [0.5, 0.6) is 0 Å². The molecule has 0 aliphatic rings. The summed E-state index contributed by atoms with van der Waals surface area (Å²) in [7, 11) is 1.64. The monoisotopic (exact) mass is 1270 g/mol. The zero-order chi connectivity index (χ0) is 64.8. The number of hydrogen-bond donors (Lipinski definition) is 3. The highest BCUT2D eigenvalue weighted by Gasteiger charge is 2.28. The number of carbonyl (C=O) groups is 1. The fraction of sp³-hybridized carbons (Fsp3) is 0.912. The molecule has 9 heteroatoms. The minimum Gasteiger partial charge on any atom is -0.391 e. The molecular weight excluding hydrogens is 1120 g/mol. The number of nitrogens with one attached hydrogen (secondary N) is 1. The highest BCUT2D eigenvalue weighted by Crippen LogP contribution is 2.43. The van der Waals surface area contributed by atoms with E-state index in [0.717, 1.165) is 51.4 Å². The molecule has 0 saturated carbocycles. The van der Waals surface area contributed by atoms with E-state index in [1.165, 1.54) is 340 Å². The van der Waals surface area contributed by atoms with E-state index in [1.54, 1.807) is 0 Å². The third kappa shape index (κ3) is 74.0. The van der Waals surface area contributed by atoms with Gasteiger partial charge in [0.05, 0.1) is 39.9 Å². The van der Waals surface area contributed by atoms with Gasteiger partial charge in [0.2, 0.25) is 5.91 Å². The Labute approximate surface area is 557 Å². The molecule has 0 aliphatic carbocycles. The predicted octanol–water partition coefficient (Wildman–Crippen LogP) is 26.0. The van der Waals surface area contributed by atoms with Crippen molar-refractivity contribution in [2.75, 3.05) is 40.9 Å². The van der Waals surface area contributed by atoms with Gasteiger partial charge in [-0.1, -0.05) is 397 Å². The summed E-state index contributed by atoms with van der Waals surface area (Å²) >= 11 is 0. The lowest BCUT2D eigenvalue weighted by atomic mass is 10.0. The Morgan fingerprint density at radius 1 is 0.382 bits per heavy atom. The van der Waals surface area contributed by atoms with Crippen LogP contribution in [0, 0.1) is 0 Å². The first-order valence-corrected chi connectivity index (χ1v) is 41.3. The van der Waals surface area contributed by atoms with Crippen molar-refractivity contribution in [3.8, 4) is 0 Å². The van der Waals surface area contributed by atoms with Crippen LogP contribution in [0.25, 0.3) is 0 Å². The minimum atomic E-state index is -4.33. The van der Waals surface area contributed by atoms with E-state index in [9.17, 15) is 19.4 Å². The lowest BCUT2D eigenvalue weighted by Gasteiger charge is -2.26. The molecule has 0 radical (unpaired) electrons. The van der Waals surface area contributed by atoms with Crippen molar-refractivity contribution in [1.29, 1.82) is 0 Å². The van der Waals surface area contributed by atoms with Gasteiger partial charge in [0, 0.05) is 6.42 Å². The second-order valence-electron chi connectivity index (χ2n) is 28.8. The van der Waals surface area contributed by atoms with Crippen LogP contribution in [0.3, 0.4) is 0 Å². The Hall–Kier alpha value is -1.28. The summed E-state index contributed by atoms with van der Waals surface area (Å²) in [5.74, 6) is -0.134. The van der Waals surface area contributed by atoms with Crippen molar-refractivity contribution in [3.63, 3.8) is 0 Å². The van der Waals surface area contributed by atoms with Gasteiger partial charge in [-0.2, -0.15) is 0 Å². The van der Waals surface area contributed by atoms with Crippen molar-refractivity contribution in [2.45, 2.75) is 431 Å². The van der Waals surface area contributed by atoms with Gasteiger partial charge in [0.25, 0.3) is 0 Å². The second kappa shape index (κ2) is 71.0. The van der Waals surface area contributed by atoms with Gasteiger partial charge in [-0.05, 0) is 51.4 Å². The maximum absolute atomic E-state index is 13.1. The maximum atomic E-state index is 13.1. The number of phosphoric ester groups is 1. The molecule has 3 N–H and O–H groups in total. The molecule has 0 spiro atoms. The Bertz CT molecular complexity index is 1550. The predicted molar refractivity (Wildman–Crippen MR) is 392 cm³/mol. The lowest BCUT2D eigenvalue weighted by Crippen LogP contribution is -2.46. The van der Waals surface area contributed by atoms with Crippen molar-refractivity contribution in [3.05, 3.63) is 36.5 Å². The van der Waals surface area contributed by atoms with Crippen LogP contribution < -0.4 is 5.32 Å². The quantitative estimate of drug-likeness (QED) is 0.0243. The summed E-state index contributed by atoms with van der Waals surface area (Å²) in [4.78, 5) is 23.5. The van der Waals surface area contributed by atoms with Crippen LogP contribution in [0.15, 0.2) is 36.5 Å². The van der Waals surface area contributed by atoms with E-state index in [1.807, 2.05) is 21.1 Å². The Morgan fingerprint density at radius 3 is 0.933 bits per heavy atom. The largest absolute Gasteiger partial charge is 0.472 e. The average Bonchev–Trinajstić information content (AvgIpc) is 3.55. The Morgan fingerprint density at radius 2 is 0.640 bits per heavy atom. The molecule has 0 rings (SSSR count). The number of amides is 1. The average molecular weight is 1280 g/mol. The Balaban J connectivity index is 3.90. The topological polar surface area (TPSA) is 105 Å². The Kier molecular flexibility index (Phi) is 70.0. The molecule has 528 valence electrons. The first kappa shape index (κ1) is 87.7. The first-order chi connectivity index (χ1) is 43.5. The number of phosphoric acid groups is 1. The number of unbranched alkanes of at least 4 members (excludes halogenated alkanes) is 56. The number of nitrogens with zero attached hydrogens (tertiary/aromatic N) is 1. The van der Waals surface area contributed by atoms with Gasteiger partial charge in [-0.25, -0.2) is 4.57 Å². The third-order valence-electron chi connectivity index (χ3n) is 18.6. The molecule has 0 heterocycles. The van der Waals surface area contributed by atoms with Gasteiger partial charge in [-0.15, -0.1) is 0 Å². The number of rotatable bonds is 75. The summed E-state index contributed by atoms with van der Waals surface area (Å²) in [6.45, 7) is 4.95. The zero-order valence-electron chi connectivity index (χ0n) is 60.7. The number of aliphatic hydroxyl groups is 1. The van der Waals surface area contributed by atoms with E-state index >= 15 is 0 Å². The molecule has 0 saturated heterocycles. The molecule has 0 aromatic heterocycles. The summed E-state index contributed by atoms with van der Waals surface area (Å²) in [6, 6.07) is -0.761. The van der Waals surface area contributed by atoms with Crippen LogP contribution in [-0.2, 0) is 18.4 Å². The van der Waals surface area contributed by atoms with Crippen LogP contribution in [-0.4, -0.2) is 73.4 Å². The summed E-state index contributed by atoms with van der Waals surface area (Å²) in [5.41, 5.74) is 0. The summed E-state index contributed by atoms with van der Waals surface area (Å²) in [6.07, 6.45) is 95.8. The van der Waals surface area contributed by atoms with Crippen LogP contribution in [0.4, 0.5) is 0 Å². The molecule has 0 fully saturated rings.